The molecule has 2 saturated heterocycles. The number of nitrogens with zero attached hydrogens (tertiary/aromatic N) is 1. The van der Waals surface area contributed by atoms with Gasteiger partial charge in [0.1, 0.15) is 12.2 Å². The van der Waals surface area contributed by atoms with Gasteiger partial charge in [-0.15, -0.1) is 0 Å². The van der Waals surface area contributed by atoms with Gasteiger partial charge in [-0.05, 0) is 25.5 Å². The zero-order valence-electron chi connectivity index (χ0n) is 14.5. The Balaban J connectivity index is 1.97. The molecule has 0 spiro atoms. The second-order valence-corrected chi connectivity index (χ2v) is 6.87. The van der Waals surface area contributed by atoms with E-state index in [4.69, 9.17) is 9.47 Å². The Morgan fingerprint density at radius 1 is 1.12 bits per heavy atom. The van der Waals surface area contributed by atoms with E-state index in [9.17, 15) is 9.59 Å². The van der Waals surface area contributed by atoms with E-state index >= 15 is 0 Å². The van der Waals surface area contributed by atoms with E-state index in [1.165, 1.54) is 13.8 Å². The third-order valence-electron chi connectivity index (χ3n) is 5.36. The van der Waals surface area contributed by atoms with Crippen LogP contribution in [0.25, 0.3) is 0 Å². The van der Waals surface area contributed by atoms with Crippen LogP contribution < -0.4 is 0 Å². The number of rotatable bonds is 4. The van der Waals surface area contributed by atoms with Crippen LogP contribution >= 0.6 is 0 Å². The first-order chi connectivity index (χ1) is 11.5. The van der Waals surface area contributed by atoms with Crippen molar-refractivity contribution in [1.82, 2.24) is 4.90 Å². The molecule has 0 N–H and O–H groups in total. The van der Waals surface area contributed by atoms with Gasteiger partial charge < -0.3 is 9.47 Å². The van der Waals surface area contributed by atoms with Gasteiger partial charge in [0, 0.05) is 32.4 Å². The summed E-state index contributed by atoms with van der Waals surface area (Å²) in [7, 11) is 2.12. The fraction of sp³-hybridized carbons (Fsp3) is 0.579. The quantitative estimate of drug-likeness (QED) is 0.794. The van der Waals surface area contributed by atoms with Crippen LogP contribution in [0.15, 0.2) is 30.3 Å². The summed E-state index contributed by atoms with van der Waals surface area (Å²) < 4.78 is 11.4. The molecule has 24 heavy (non-hydrogen) atoms. The van der Waals surface area contributed by atoms with Crippen molar-refractivity contribution in [1.29, 1.82) is 0 Å². The van der Waals surface area contributed by atoms with Crippen LogP contribution in [0.4, 0.5) is 0 Å². The number of carbonyl (C=O) groups excluding carboxylic acids is 2. The molecule has 1 unspecified atom stereocenters. The van der Waals surface area contributed by atoms with Crippen molar-refractivity contribution in [3.63, 3.8) is 0 Å². The summed E-state index contributed by atoms with van der Waals surface area (Å²) in [5.41, 5.74) is 0.952. The monoisotopic (exact) mass is 331 g/mol. The van der Waals surface area contributed by atoms with Gasteiger partial charge in [-0.1, -0.05) is 30.3 Å². The molecule has 2 aliphatic heterocycles. The van der Waals surface area contributed by atoms with E-state index < -0.39 is 6.10 Å². The highest BCUT2D eigenvalue weighted by molar-refractivity contribution is 5.67. The molecule has 0 aromatic heterocycles. The first-order valence-electron chi connectivity index (χ1n) is 8.58. The standard InChI is InChI=1S/C19H25NO4/c1-12(21)23-17-11-15-9-10-16(20(15)3)18(17)19(24-13(2)22)14-7-5-4-6-8-14/h4-8,15-19H,9-11H2,1-3H3/t15-,16+,17-,18?,19-/m0/s1. The van der Waals surface area contributed by atoms with Crippen molar-refractivity contribution in [2.75, 3.05) is 7.05 Å². The Bertz CT molecular complexity index is 603. The van der Waals surface area contributed by atoms with Crippen LogP contribution in [-0.4, -0.2) is 42.1 Å². The van der Waals surface area contributed by atoms with Gasteiger partial charge in [0.15, 0.2) is 0 Å². The number of carbonyl (C=O) groups is 2. The molecular formula is C19H25NO4. The average molecular weight is 331 g/mol. The van der Waals surface area contributed by atoms with E-state index in [1.807, 2.05) is 30.3 Å². The van der Waals surface area contributed by atoms with Gasteiger partial charge in [-0.3, -0.25) is 14.5 Å². The molecule has 0 radical (unpaired) electrons. The van der Waals surface area contributed by atoms with Crippen LogP contribution in [-0.2, 0) is 19.1 Å². The lowest BCUT2D eigenvalue weighted by atomic mass is 9.80. The van der Waals surface area contributed by atoms with Crippen molar-refractivity contribution >= 4 is 11.9 Å². The molecular weight excluding hydrogens is 306 g/mol. The molecule has 5 atom stereocenters. The molecule has 2 bridgehead atoms. The summed E-state index contributed by atoms with van der Waals surface area (Å²) in [5.74, 6) is -0.638. The van der Waals surface area contributed by atoms with Gasteiger partial charge in [-0.25, -0.2) is 0 Å². The minimum Gasteiger partial charge on any atom is -0.462 e. The maximum Gasteiger partial charge on any atom is 0.303 e. The predicted octanol–water partition coefficient (Wildman–Crippen LogP) is 2.71. The Labute approximate surface area is 142 Å². The maximum absolute atomic E-state index is 11.7. The molecule has 3 rings (SSSR count). The number of fused-ring (bicyclic) bond motifs is 2. The third kappa shape index (κ3) is 3.31. The molecule has 0 aliphatic carbocycles. The zero-order valence-corrected chi connectivity index (χ0v) is 14.5. The van der Waals surface area contributed by atoms with Gasteiger partial charge in [-0.2, -0.15) is 0 Å². The van der Waals surface area contributed by atoms with Crippen molar-refractivity contribution in [2.45, 2.75) is 57.4 Å². The van der Waals surface area contributed by atoms with Crippen molar-refractivity contribution < 1.29 is 19.1 Å². The SMILES string of the molecule is CC(=O)O[C@H]1C[C@@H]2CC[C@H](C1[C@@H](OC(C)=O)c1ccccc1)N2C. The molecule has 130 valence electrons. The topological polar surface area (TPSA) is 55.8 Å². The van der Waals surface area contributed by atoms with Gasteiger partial charge in [0.2, 0.25) is 0 Å². The van der Waals surface area contributed by atoms with Crippen LogP contribution in [0, 0.1) is 5.92 Å². The van der Waals surface area contributed by atoms with Crippen LogP contribution in [0.5, 0.6) is 0 Å². The molecule has 1 aromatic carbocycles. The normalized spacial score (nSPS) is 30.6. The van der Waals surface area contributed by atoms with E-state index in [2.05, 4.69) is 11.9 Å². The number of hydrogen-bond donors (Lipinski definition) is 0. The lowest BCUT2D eigenvalue weighted by Crippen LogP contribution is -2.52. The molecule has 2 aliphatic rings. The van der Waals surface area contributed by atoms with E-state index in [0.717, 1.165) is 24.8 Å². The highest BCUT2D eigenvalue weighted by Gasteiger charge is 2.51. The largest absolute Gasteiger partial charge is 0.462 e. The first kappa shape index (κ1) is 17.0. The van der Waals surface area contributed by atoms with Gasteiger partial charge in [0.05, 0.1) is 5.92 Å². The molecule has 5 nitrogen and oxygen atoms in total. The number of piperidine rings is 1. The molecule has 0 amide bonds. The number of hydrogen-bond acceptors (Lipinski definition) is 5. The summed E-state index contributed by atoms with van der Waals surface area (Å²) in [6.45, 7) is 2.88. The first-order valence-corrected chi connectivity index (χ1v) is 8.58. The van der Waals surface area contributed by atoms with Crippen LogP contribution in [0.2, 0.25) is 0 Å². The molecule has 2 heterocycles. The van der Waals surface area contributed by atoms with Crippen molar-refractivity contribution in [3.8, 4) is 0 Å². The fourth-order valence-corrected chi connectivity index (χ4v) is 4.39. The minimum atomic E-state index is -0.403. The lowest BCUT2D eigenvalue weighted by molar-refractivity contribution is -0.169. The summed E-state index contributed by atoms with van der Waals surface area (Å²) in [6.07, 6.45) is 2.30. The minimum absolute atomic E-state index is 0.0519. The molecule has 1 aromatic rings. The highest BCUT2D eigenvalue weighted by Crippen LogP contribution is 2.46. The van der Waals surface area contributed by atoms with Crippen molar-refractivity contribution in [3.05, 3.63) is 35.9 Å². The summed E-state index contributed by atoms with van der Waals surface area (Å²) >= 11 is 0. The summed E-state index contributed by atoms with van der Waals surface area (Å²) in [6, 6.07) is 10.4. The molecule has 2 fully saturated rings. The second-order valence-electron chi connectivity index (χ2n) is 6.87. The smallest absolute Gasteiger partial charge is 0.303 e. The third-order valence-corrected chi connectivity index (χ3v) is 5.36. The van der Waals surface area contributed by atoms with E-state index in [1.54, 1.807) is 0 Å². The maximum atomic E-state index is 11.7. The zero-order chi connectivity index (χ0) is 17.3. The lowest BCUT2D eigenvalue weighted by Gasteiger charge is -2.45. The summed E-state index contributed by atoms with van der Waals surface area (Å²) in [4.78, 5) is 25.7. The summed E-state index contributed by atoms with van der Waals surface area (Å²) in [5, 5.41) is 0. The number of ether oxygens (including phenoxy) is 2. The fourth-order valence-electron chi connectivity index (χ4n) is 4.39. The average Bonchev–Trinajstić information content (AvgIpc) is 2.77. The molecule has 5 heteroatoms. The van der Waals surface area contributed by atoms with Crippen LogP contribution in [0.1, 0.15) is 44.8 Å². The van der Waals surface area contributed by atoms with Gasteiger partial charge in [0.25, 0.3) is 0 Å². The van der Waals surface area contributed by atoms with Crippen LogP contribution in [0.3, 0.4) is 0 Å². The van der Waals surface area contributed by atoms with Crippen molar-refractivity contribution in [2.24, 2.45) is 5.92 Å². The number of esters is 2. The Morgan fingerprint density at radius 3 is 2.46 bits per heavy atom. The Kier molecular flexibility index (Phi) is 4.90. The van der Waals surface area contributed by atoms with E-state index in [-0.39, 0.29) is 30.0 Å². The van der Waals surface area contributed by atoms with E-state index in [0.29, 0.717) is 6.04 Å². The molecule has 0 saturated carbocycles. The second kappa shape index (κ2) is 6.93. The highest BCUT2D eigenvalue weighted by atomic mass is 16.6. The Morgan fingerprint density at radius 2 is 1.83 bits per heavy atom. The Hall–Kier alpha value is -1.88. The van der Waals surface area contributed by atoms with Gasteiger partial charge >= 0.3 is 11.9 Å². The number of benzene rings is 1. The predicted molar refractivity (Wildman–Crippen MR) is 89.2 cm³/mol.